The first-order valence-corrected chi connectivity index (χ1v) is 25.7. The molecule has 0 N–H and O–H groups in total. The van der Waals surface area contributed by atoms with E-state index in [0.29, 0.717) is 159 Å². The van der Waals surface area contributed by atoms with Crippen molar-refractivity contribution in [1.82, 2.24) is 0 Å². The van der Waals surface area contributed by atoms with Crippen molar-refractivity contribution in [3.05, 3.63) is 0 Å². The van der Waals surface area contributed by atoms with E-state index in [2.05, 4.69) is 26.2 Å². The maximum Gasteiger partial charge on any atom is 0.173 e. The molecule has 0 saturated heterocycles. The average Bonchev–Trinajstić information content (AvgIpc) is 3.12. The molecule has 0 unspecified atom stereocenters. The predicted molar refractivity (Wildman–Crippen MR) is 208 cm³/mol. The van der Waals surface area contributed by atoms with E-state index >= 15 is 0 Å². The number of ether oxygens (including phenoxy) is 14. The lowest BCUT2D eigenvalue weighted by Crippen LogP contribution is -2.44. The Morgan fingerprint density at radius 1 is 0.245 bits per heavy atom. The summed E-state index contributed by atoms with van der Waals surface area (Å²) < 4.78 is 82.9. The fourth-order valence-electron chi connectivity index (χ4n) is 4.74. The van der Waals surface area contributed by atoms with Crippen LogP contribution < -0.4 is 0 Å². The Labute approximate surface area is 323 Å². The molecule has 0 aromatic carbocycles. The molecule has 0 aliphatic rings. The highest BCUT2D eigenvalue weighted by molar-refractivity contribution is 6.84. The van der Waals surface area contributed by atoms with Gasteiger partial charge in [0, 0.05) is 27.4 Å². The molecular formula is C36H78O15Si2. The summed E-state index contributed by atoms with van der Waals surface area (Å²) in [6, 6.07) is 2.17. The largest absolute Gasteiger partial charge is 0.455 e. The molecule has 0 aromatic rings. The van der Waals surface area contributed by atoms with Gasteiger partial charge in [0.1, 0.15) is 0 Å². The Hall–Kier alpha value is -0.166. The lowest BCUT2D eigenvalue weighted by molar-refractivity contribution is -0.0190. The van der Waals surface area contributed by atoms with Crippen molar-refractivity contribution in [3.8, 4) is 0 Å². The Kier molecular flexibility index (Phi) is 41.3. The monoisotopic (exact) mass is 806 g/mol. The minimum atomic E-state index is -1.76. The van der Waals surface area contributed by atoms with E-state index in [4.69, 9.17) is 70.4 Å². The summed E-state index contributed by atoms with van der Waals surface area (Å²) in [5.41, 5.74) is 0. The minimum absolute atomic E-state index is 0.534. The van der Waals surface area contributed by atoms with Gasteiger partial charge in [-0.05, 0) is 51.1 Å². The minimum Gasteiger partial charge on any atom is -0.455 e. The molecule has 0 fully saturated rings. The van der Waals surface area contributed by atoms with E-state index in [9.17, 15) is 0 Å². The zero-order chi connectivity index (χ0) is 38.8. The summed E-state index contributed by atoms with van der Waals surface area (Å²) in [4.78, 5) is 0. The molecule has 0 atom stereocenters. The summed E-state index contributed by atoms with van der Waals surface area (Å²) in [6.45, 7) is 24.1. The second-order valence-electron chi connectivity index (χ2n) is 13.2. The molecule has 0 aliphatic heterocycles. The van der Waals surface area contributed by atoms with E-state index in [1.807, 2.05) is 0 Å². The quantitative estimate of drug-likeness (QED) is 0.0653. The van der Waals surface area contributed by atoms with Crippen LogP contribution in [-0.2, 0) is 70.4 Å². The first-order chi connectivity index (χ1) is 25.8. The molecule has 15 nitrogen and oxygen atoms in total. The van der Waals surface area contributed by atoms with Crippen molar-refractivity contribution in [2.45, 2.75) is 51.1 Å². The van der Waals surface area contributed by atoms with Gasteiger partial charge in [0.2, 0.25) is 0 Å². The molecule has 0 aliphatic carbocycles. The van der Waals surface area contributed by atoms with E-state index in [1.54, 1.807) is 14.2 Å². The van der Waals surface area contributed by atoms with Gasteiger partial charge in [-0.15, -0.1) is 0 Å². The van der Waals surface area contributed by atoms with Crippen LogP contribution in [0.3, 0.4) is 0 Å². The third-order valence-corrected chi connectivity index (χ3v) is 14.8. The van der Waals surface area contributed by atoms with Crippen LogP contribution in [0.25, 0.3) is 0 Å². The highest BCUT2D eigenvalue weighted by Crippen LogP contribution is 2.23. The summed E-state index contributed by atoms with van der Waals surface area (Å²) >= 11 is 0. The fraction of sp³-hybridized carbons (Fsp3) is 1.00. The van der Waals surface area contributed by atoms with Crippen molar-refractivity contribution in [2.75, 3.05) is 186 Å². The third-order valence-electron chi connectivity index (χ3n) is 7.27. The van der Waals surface area contributed by atoms with Gasteiger partial charge in [-0.25, -0.2) is 0 Å². The highest BCUT2D eigenvalue weighted by Gasteiger charge is 2.32. The maximum absolute atomic E-state index is 6.76. The van der Waals surface area contributed by atoms with Crippen molar-refractivity contribution >= 4 is 16.6 Å². The fourth-order valence-corrected chi connectivity index (χ4v) is 13.5. The van der Waals surface area contributed by atoms with Gasteiger partial charge in [-0.1, -0.05) is 0 Å². The summed E-state index contributed by atoms with van der Waals surface area (Å²) in [5.74, 6) is 0. The van der Waals surface area contributed by atoms with Crippen LogP contribution in [0.4, 0.5) is 0 Å². The standard InChI is InChI=1S/C36H78O15Si2/c1-37-11-13-41-19-21-45-27-29-49-33-31-47-25-23-43-17-15-39-9-7-35-52(3,4)51-53(5,6)36-8-10-40-16-18-44-24-26-48-32-34-50-30-28-46-22-20-42-14-12-38-2/h7-36H2,1-6H3. The van der Waals surface area contributed by atoms with E-state index in [1.165, 1.54) is 0 Å². The van der Waals surface area contributed by atoms with E-state index < -0.39 is 16.6 Å². The van der Waals surface area contributed by atoms with Crippen molar-refractivity contribution in [2.24, 2.45) is 0 Å². The van der Waals surface area contributed by atoms with Crippen LogP contribution in [0.5, 0.6) is 0 Å². The number of hydrogen-bond acceptors (Lipinski definition) is 15. The lowest BCUT2D eigenvalue weighted by atomic mass is 10.5. The predicted octanol–water partition coefficient (Wildman–Crippen LogP) is 3.69. The van der Waals surface area contributed by atoms with Gasteiger partial charge in [0.15, 0.2) is 16.6 Å². The molecule has 0 radical (unpaired) electrons. The Bertz CT molecular complexity index is 658. The first kappa shape index (κ1) is 52.8. The molecule has 0 saturated carbocycles. The topological polar surface area (TPSA) is 138 Å². The van der Waals surface area contributed by atoms with E-state index in [-0.39, 0.29) is 0 Å². The zero-order valence-corrected chi connectivity index (χ0v) is 36.3. The summed E-state index contributed by atoms with van der Waals surface area (Å²) in [5, 5.41) is 0. The summed E-state index contributed by atoms with van der Waals surface area (Å²) in [7, 11) is -0.209. The maximum atomic E-state index is 6.76. The molecule has 0 bridgehead atoms. The number of rotatable bonds is 46. The van der Waals surface area contributed by atoms with Crippen LogP contribution in [0.1, 0.15) is 12.8 Å². The van der Waals surface area contributed by atoms with Gasteiger partial charge in [-0.3, -0.25) is 0 Å². The molecule has 0 rings (SSSR count). The van der Waals surface area contributed by atoms with Crippen LogP contribution in [0.15, 0.2) is 0 Å². The van der Waals surface area contributed by atoms with Gasteiger partial charge < -0.3 is 70.4 Å². The Morgan fingerprint density at radius 2 is 0.415 bits per heavy atom. The highest BCUT2D eigenvalue weighted by atomic mass is 28.4. The lowest BCUT2D eigenvalue weighted by Gasteiger charge is -2.34. The SMILES string of the molecule is COCCOCCOCCOCCOCCOCCOCCC[Si](C)(C)O[Si](C)(C)CCCOCCOCCOCCOCCOCCOCCOC. The van der Waals surface area contributed by atoms with E-state index in [0.717, 1.165) is 38.1 Å². The zero-order valence-electron chi connectivity index (χ0n) is 34.3. The molecule has 53 heavy (non-hydrogen) atoms. The van der Waals surface area contributed by atoms with Crippen molar-refractivity contribution < 1.29 is 70.4 Å². The molecule has 320 valence electrons. The van der Waals surface area contributed by atoms with Crippen molar-refractivity contribution in [3.63, 3.8) is 0 Å². The van der Waals surface area contributed by atoms with Crippen LogP contribution in [0, 0.1) is 0 Å². The third kappa shape index (κ3) is 44.4. The van der Waals surface area contributed by atoms with Gasteiger partial charge in [0.25, 0.3) is 0 Å². The number of methoxy groups -OCH3 is 2. The van der Waals surface area contributed by atoms with Gasteiger partial charge in [0.05, 0.1) is 159 Å². The van der Waals surface area contributed by atoms with Gasteiger partial charge in [-0.2, -0.15) is 0 Å². The van der Waals surface area contributed by atoms with Crippen LogP contribution >= 0.6 is 0 Å². The smallest absolute Gasteiger partial charge is 0.173 e. The second kappa shape index (κ2) is 41.5. The average molecular weight is 807 g/mol. The first-order valence-electron chi connectivity index (χ1n) is 19.4. The molecule has 0 spiro atoms. The van der Waals surface area contributed by atoms with Crippen LogP contribution in [0.2, 0.25) is 38.3 Å². The molecule has 17 heteroatoms. The Balaban J connectivity index is 3.44. The van der Waals surface area contributed by atoms with Gasteiger partial charge >= 0.3 is 0 Å². The molecular weight excluding hydrogens is 729 g/mol. The molecule has 0 heterocycles. The molecule has 0 amide bonds. The van der Waals surface area contributed by atoms with Crippen LogP contribution in [-0.4, -0.2) is 203 Å². The second-order valence-corrected chi connectivity index (χ2v) is 22.0. The molecule has 0 aromatic heterocycles. The van der Waals surface area contributed by atoms with Crippen molar-refractivity contribution in [1.29, 1.82) is 0 Å². The summed E-state index contributed by atoms with van der Waals surface area (Å²) in [6.07, 6.45) is 2.01. The number of hydrogen-bond donors (Lipinski definition) is 0. The Morgan fingerprint density at radius 3 is 0.604 bits per heavy atom. The normalized spacial score (nSPS) is 12.3.